The summed E-state index contributed by atoms with van der Waals surface area (Å²) in [6.45, 7) is 3.35. The van der Waals surface area contributed by atoms with Crippen LogP contribution >= 0.6 is 0 Å². The van der Waals surface area contributed by atoms with Crippen LogP contribution in [0.2, 0.25) is 0 Å². The number of nitrogens with zero attached hydrogens (tertiary/aromatic N) is 2. The molecule has 4 aliphatic rings. The summed E-state index contributed by atoms with van der Waals surface area (Å²) in [6.07, 6.45) is 11.5. The molecule has 5 heteroatoms. The maximum Gasteiger partial charge on any atom is 0.223 e. The Bertz CT molecular complexity index is 851. The van der Waals surface area contributed by atoms with Gasteiger partial charge in [-0.3, -0.25) is 9.69 Å². The molecule has 168 valence electrons. The number of piperidine rings is 3. The molecular formula is C26H36N2O3. The van der Waals surface area contributed by atoms with Gasteiger partial charge in [-0.05, 0) is 74.6 Å². The molecule has 31 heavy (non-hydrogen) atoms. The standard InChI is InChI=1S/C26H36N2O3/c1-30-23-10-8-18(14-24(23)31-2)9-11-25(29)28-13-5-6-19-15-20-16-21(26(19)28)17-27-12-4-3-7-22(20)27/h8,10,14-15,20-22,26H,3-7,9,11-13,16-17H2,1-2H3. The van der Waals surface area contributed by atoms with Gasteiger partial charge < -0.3 is 14.4 Å². The van der Waals surface area contributed by atoms with Crippen molar-refractivity contribution in [2.75, 3.05) is 33.9 Å². The van der Waals surface area contributed by atoms with Gasteiger partial charge in [0.15, 0.2) is 11.5 Å². The molecule has 5 nitrogen and oxygen atoms in total. The average Bonchev–Trinajstić information content (AvgIpc) is 2.82. The van der Waals surface area contributed by atoms with Gasteiger partial charge in [0, 0.05) is 25.6 Å². The number of rotatable bonds is 5. The van der Waals surface area contributed by atoms with Crippen LogP contribution in [-0.4, -0.2) is 61.6 Å². The minimum absolute atomic E-state index is 0.310. The smallest absolute Gasteiger partial charge is 0.223 e. The van der Waals surface area contributed by atoms with E-state index in [2.05, 4.69) is 15.9 Å². The van der Waals surface area contributed by atoms with Gasteiger partial charge in [0.2, 0.25) is 5.91 Å². The molecule has 0 N–H and O–H groups in total. The number of fused-ring (bicyclic) bond motifs is 6. The molecule has 5 rings (SSSR count). The molecule has 0 radical (unpaired) electrons. The van der Waals surface area contributed by atoms with E-state index in [4.69, 9.17) is 9.47 Å². The Morgan fingerprint density at radius 3 is 2.81 bits per heavy atom. The van der Waals surface area contributed by atoms with Crippen molar-refractivity contribution in [3.63, 3.8) is 0 Å². The van der Waals surface area contributed by atoms with Crippen LogP contribution in [0.15, 0.2) is 29.8 Å². The van der Waals surface area contributed by atoms with Crippen LogP contribution in [0.4, 0.5) is 0 Å². The van der Waals surface area contributed by atoms with Gasteiger partial charge in [0.25, 0.3) is 0 Å². The first-order chi connectivity index (χ1) is 15.2. The fourth-order valence-electron chi connectivity index (χ4n) is 6.68. The summed E-state index contributed by atoms with van der Waals surface area (Å²) in [5, 5.41) is 0. The largest absolute Gasteiger partial charge is 0.493 e. The minimum Gasteiger partial charge on any atom is -0.493 e. The Labute approximate surface area is 186 Å². The first-order valence-corrected chi connectivity index (χ1v) is 12.1. The van der Waals surface area contributed by atoms with E-state index in [0.717, 1.165) is 42.5 Å². The van der Waals surface area contributed by atoms with Crippen molar-refractivity contribution in [3.8, 4) is 11.5 Å². The van der Waals surface area contributed by atoms with Gasteiger partial charge in [0.1, 0.15) is 0 Å². The fourth-order valence-corrected chi connectivity index (χ4v) is 6.68. The Morgan fingerprint density at radius 1 is 1.10 bits per heavy atom. The first kappa shape index (κ1) is 20.9. The van der Waals surface area contributed by atoms with Crippen molar-refractivity contribution in [2.24, 2.45) is 11.8 Å². The maximum absolute atomic E-state index is 13.4. The van der Waals surface area contributed by atoms with Crippen molar-refractivity contribution in [1.82, 2.24) is 9.80 Å². The molecule has 3 heterocycles. The van der Waals surface area contributed by atoms with E-state index in [1.807, 2.05) is 18.2 Å². The second-order valence-corrected chi connectivity index (χ2v) is 9.78. The molecule has 1 amide bonds. The van der Waals surface area contributed by atoms with Crippen LogP contribution in [0.1, 0.15) is 50.5 Å². The summed E-state index contributed by atoms with van der Waals surface area (Å²) in [5.74, 6) is 3.10. The van der Waals surface area contributed by atoms with Crippen LogP contribution in [0.5, 0.6) is 11.5 Å². The van der Waals surface area contributed by atoms with Gasteiger partial charge in [-0.2, -0.15) is 0 Å². The molecule has 1 aromatic carbocycles. The highest BCUT2D eigenvalue weighted by Gasteiger charge is 2.46. The Kier molecular flexibility index (Phi) is 5.96. The Hall–Kier alpha value is -2.01. The second kappa shape index (κ2) is 8.85. The third-order valence-corrected chi connectivity index (χ3v) is 8.05. The SMILES string of the molecule is COc1ccc(CCC(=O)N2CCCC3=CC4CC(CN5CCCCC45)C32)cc1OC. The molecule has 3 aliphatic heterocycles. The predicted octanol–water partition coefficient (Wildman–Crippen LogP) is 4.06. The number of benzene rings is 1. The zero-order chi connectivity index (χ0) is 21.4. The lowest BCUT2D eigenvalue weighted by Gasteiger charge is -2.54. The molecular weight excluding hydrogens is 388 g/mol. The number of hydrogen-bond donors (Lipinski definition) is 0. The summed E-state index contributed by atoms with van der Waals surface area (Å²) in [5.41, 5.74) is 2.69. The summed E-state index contributed by atoms with van der Waals surface area (Å²) in [6, 6.07) is 7.06. The molecule has 2 bridgehead atoms. The van der Waals surface area contributed by atoms with E-state index in [-0.39, 0.29) is 0 Å². The summed E-state index contributed by atoms with van der Waals surface area (Å²) in [7, 11) is 3.30. The molecule has 1 aromatic rings. The van der Waals surface area contributed by atoms with Crippen molar-refractivity contribution in [2.45, 2.75) is 63.5 Å². The number of amides is 1. The van der Waals surface area contributed by atoms with Crippen molar-refractivity contribution < 1.29 is 14.3 Å². The molecule has 4 atom stereocenters. The van der Waals surface area contributed by atoms with E-state index in [1.165, 1.54) is 45.2 Å². The zero-order valence-corrected chi connectivity index (χ0v) is 19.0. The van der Waals surface area contributed by atoms with Gasteiger partial charge >= 0.3 is 0 Å². The van der Waals surface area contributed by atoms with E-state index in [0.29, 0.717) is 30.2 Å². The van der Waals surface area contributed by atoms with E-state index >= 15 is 0 Å². The highest BCUT2D eigenvalue weighted by molar-refractivity contribution is 5.77. The molecule has 4 unspecified atom stereocenters. The molecule has 3 fully saturated rings. The first-order valence-electron chi connectivity index (χ1n) is 12.1. The van der Waals surface area contributed by atoms with Gasteiger partial charge in [-0.1, -0.05) is 24.1 Å². The average molecular weight is 425 g/mol. The van der Waals surface area contributed by atoms with Crippen LogP contribution in [0.25, 0.3) is 0 Å². The lowest BCUT2D eigenvalue weighted by Crippen LogP contribution is -2.60. The van der Waals surface area contributed by atoms with E-state index < -0.39 is 0 Å². The van der Waals surface area contributed by atoms with Crippen LogP contribution in [0.3, 0.4) is 0 Å². The van der Waals surface area contributed by atoms with Crippen LogP contribution in [-0.2, 0) is 11.2 Å². The number of likely N-dealkylation sites (tertiary alicyclic amines) is 1. The van der Waals surface area contributed by atoms with Gasteiger partial charge in [-0.25, -0.2) is 0 Å². The van der Waals surface area contributed by atoms with Crippen molar-refractivity contribution >= 4 is 5.91 Å². The number of methoxy groups -OCH3 is 2. The second-order valence-electron chi connectivity index (χ2n) is 9.78. The number of hydrogen-bond acceptors (Lipinski definition) is 4. The van der Waals surface area contributed by atoms with Crippen molar-refractivity contribution in [3.05, 3.63) is 35.4 Å². The zero-order valence-electron chi connectivity index (χ0n) is 19.0. The Balaban J connectivity index is 1.29. The topological polar surface area (TPSA) is 42.0 Å². The third kappa shape index (κ3) is 3.97. The molecule has 0 spiro atoms. The van der Waals surface area contributed by atoms with E-state index in [9.17, 15) is 4.79 Å². The number of carbonyl (C=O) groups is 1. The Morgan fingerprint density at radius 2 is 1.97 bits per heavy atom. The number of carbonyl (C=O) groups excluding carboxylic acids is 1. The normalized spacial score (nSPS) is 30.1. The highest BCUT2D eigenvalue weighted by Crippen LogP contribution is 2.45. The van der Waals surface area contributed by atoms with Crippen LogP contribution < -0.4 is 9.47 Å². The lowest BCUT2D eigenvalue weighted by atomic mass is 9.68. The number of aryl methyl sites for hydroxylation is 1. The number of ether oxygens (including phenoxy) is 2. The monoisotopic (exact) mass is 424 g/mol. The lowest BCUT2D eigenvalue weighted by molar-refractivity contribution is -0.136. The molecule has 1 aliphatic carbocycles. The quantitative estimate of drug-likeness (QED) is 0.669. The van der Waals surface area contributed by atoms with Crippen LogP contribution in [0, 0.1) is 11.8 Å². The summed E-state index contributed by atoms with van der Waals surface area (Å²) < 4.78 is 10.8. The molecule has 0 saturated carbocycles. The summed E-state index contributed by atoms with van der Waals surface area (Å²) >= 11 is 0. The van der Waals surface area contributed by atoms with Gasteiger partial charge in [-0.15, -0.1) is 0 Å². The minimum atomic E-state index is 0.310. The van der Waals surface area contributed by atoms with E-state index in [1.54, 1.807) is 19.8 Å². The highest BCUT2D eigenvalue weighted by atomic mass is 16.5. The fraction of sp³-hybridized carbons (Fsp3) is 0.654. The summed E-state index contributed by atoms with van der Waals surface area (Å²) in [4.78, 5) is 18.4. The van der Waals surface area contributed by atoms with Crippen molar-refractivity contribution in [1.29, 1.82) is 0 Å². The molecule has 0 aromatic heterocycles. The third-order valence-electron chi connectivity index (χ3n) is 8.05. The molecule has 3 saturated heterocycles. The maximum atomic E-state index is 13.4. The van der Waals surface area contributed by atoms with Gasteiger partial charge in [0.05, 0.1) is 20.3 Å². The predicted molar refractivity (Wildman–Crippen MR) is 121 cm³/mol.